The Morgan fingerprint density at radius 3 is 2.42 bits per heavy atom. The minimum Gasteiger partial charge on any atom is -0.376 e. The molecule has 100 valence electrons. The lowest BCUT2D eigenvalue weighted by molar-refractivity contribution is 0.789. The minimum atomic E-state index is 0.103. The molecule has 0 saturated carbocycles. The Morgan fingerprint density at radius 2 is 1.79 bits per heavy atom. The van der Waals surface area contributed by atoms with E-state index in [1.165, 1.54) is 11.1 Å². The van der Waals surface area contributed by atoms with Crippen LogP contribution in [0, 0.1) is 6.92 Å². The first kappa shape index (κ1) is 14.6. The van der Waals surface area contributed by atoms with Crippen LogP contribution < -0.4 is 11.1 Å². The molecule has 4 heteroatoms. The molecule has 2 aromatic rings. The number of benzene rings is 2. The molecule has 0 aliphatic heterocycles. The molecule has 2 nitrogen and oxygen atoms in total. The lowest BCUT2D eigenvalue weighted by atomic mass is 10.1. The average Bonchev–Trinajstić information content (AvgIpc) is 2.41. The van der Waals surface area contributed by atoms with Crippen molar-refractivity contribution < 1.29 is 0 Å². The number of aryl methyl sites for hydroxylation is 1. The first-order valence-corrected chi connectivity index (χ1v) is 7.67. The second kappa shape index (κ2) is 6.55. The second-order valence-corrected chi connectivity index (χ2v) is 6.24. The van der Waals surface area contributed by atoms with Crippen molar-refractivity contribution >= 4 is 37.5 Å². The molecule has 1 atom stereocenters. The first-order chi connectivity index (χ1) is 9.10. The summed E-state index contributed by atoms with van der Waals surface area (Å²) in [5.41, 5.74) is 9.36. The van der Waals surface area contributed by atoms with Crippen LogP contribution in [0.4, 0.5) is 5.69 Å². The van der Waals surface area contributed by atoms with Crippen LogP contribution in [0.1, 0.15) is 17.2 Å². The predicted octanol–water partition coefficient (Wildman–Crippen LogP) is 4.63. The van der Waals surface area contributed by atoms with Gasteiger partial charge in [0.05, 0.1) is 6.04 Å². The summed E-state index contributed by atoms with van der Waals surface area (Å²) >= 11 is 7.01. The van der Waals surface area contributed by atoms with Crippen LogP contribution in [0.2, 0.25) is 0 Å². The van der Waals surface area contributed by atoms with E-state index in [0.717, 1.165) is 14.6 Å². The molecule has 0 heterocycles. The molecule has 1 unspecified atom stereocenters. The zero-order valence-electron chi connectivity index (χ0n) is 10.7. The second-order valence-electron chi connectivity index (χ2n) is 4.47. The number of nitrogens with two attached hydrogens (primary N) is 1. The molecule has 2 aromatic carbocycles. The number of rotatable bonds is 4. The SMILES string of the molecule is Cc1ccc(Br)c(NC(CN)c2ccc(Br)cc2)c1. The average molecular weight is 384 g/mol. The van der Waals surface area contributed by atoms with Crippen molar-refractivity contribution in [3.05, 3.63) is 62.5 Å². The fourth-order valence-electron chi connectivity index (χ4n) is 1.91. The molecule has 0 amide bonds. The van der Waals surface area contributed by atoms with Gasteiger partial charge in [0.25, 0.3) is 0 Å². The summed E-state index contributed by atoms with van der Waals surface area (Å²) < 4.78 is 2.12. The molecule has 2 rings (SSSR count). The summed E-state index contributed by atoms with van der Waals surface area (Å²) in [6.07, 6.45) is 0. The third-order valence-electron chi connectivity index (χ3n) is 2.96. The van der Waals surface area contributed by atoms with E-state index >= 15 is 0 Å². The Balaban J connectivity index is 2.23. The highest BCUT2D eigenvalue weighted by Gasteiger charge is 2.11. The van der Waals surface area contributed by atoms with Gasteiger partial charge in [0.15, 0.2) is 0 Å². The molecule has 0 saturated heterocycles. The van der Waals surface area contributed by atoms with Crippen molar-refractivity contribution in [2.24, 2.45) is 5.73 Å². The summed E-state index contributed by atoms with van der Waals surface area (Å²) in [5, 5.41) is 3.49. The Hall–Kier alpha value is -0.840. The Labute approximate surface area is 130 Å². The Bertz CT molecular complexity index is 553. The van der Waals surface area contributed by atoms with Crippen LogP contribution in [0.15, 0.2) is 51.4 Å². The number of nitrogens with one attached hydrogen (secondary N) is 1. The van der Waals surface area contributed by atoms with Crippen molar-refractivity contribution in [1.82, 2.24) is 0 Å². The van der Waals surface area contributed by atoms with Gasteiger partial charge in [-0.3, -0.25) is 0 Å². The van der Waals surface area contributed by atoms with Gasteiger partial charge in [-0.1, -0.05) is 34.1 Å². The molecule has 0 bridgehead atoms. The van der Waals surface area contributed by atoms with Crippen LogP contribution >= 0.6 is 31.9 Å². The van der Waals surface area contributed by atoms with Crippen molar-refractivity contribution in [2.45, 2.75) is 13.0 Å². The highest BCUT2D eigenvalue weighted by Crippen LogP contribution is 2.27. The van der Waals surface area contributed by atoms with Gasteiger partial charge in [0.2, 0.25) is 0 Å². The van der Waals surface area contributed by atoms with Crippen molar-refractivity contribution in [3.8, 4) is 0 Å². The zero-order valence-corrected chi connectivity index (χ0v) is 13.8. The Morgan fingerprint density at radius 1 is 1.11 bits per heavy atom. The molecule has 19 heavy (non-hydrogen) atoms. The first-order valence-electron chi connectivity index (χ1n) is 6.08. The summed E-state index contributed by atoms with van der Waals surface area (Å²) in [6.45, 7) is 2.62. The fraction of sp³-hybridized carbons (Fsp3) is 0.200. The fourth-order valence-corrected chi connectivity index (χ4v) is 2.54. The van der Waals surface area contributed by atoms with Crippen molar-refractivity contribution in [1.29, 1.82) is 0 Å². The van der Waals surface area contributed by atoms with E-state index in [9.17, 15) is 0 Å². The zero-order chi connectivity index (χ0) is 13.8. The van der Waals surface area contributed by atoms with Gasteiger partial charge in [-0.15, -0.1) is 0 Å². The van der Waals surface area contributed by atoms with Crippen molar-refractivity contribution in [2.75, 3.05) is 11.9 Å². The van der Waals surface area contributed by atoms with Gasteiger partial charge in [-0.2, -0.15) is 0 Å². The number of hydrogen-bond donors (Lipinski definition) is 2. The third-order valence-corrected chi connectivity index (χ3v) is 4.18. The maximum absolute atomic E-state index is 5.89. The summed E-state index contributed by atoms with van der Waals surface area (Å²) in [7, 11) is 0. The maximum Gasteiger partial charge on any atom is 0.0636 e. The summed E-state index contributed by atoms with van der Waals surface area (Å²) in [5.74, 6) is 0. The van der Waals surface area contributed by atoms with Gasteiger partial charge >= 0.3 is 0 Å². The van der Waals surface area contributed by atoms with E-state index in [4.69, 9.17) is 5.73 Å². The van der Waals surface area contributed by atoms with E-state index < -0.39 is 0 Å². The van der Waals surface area contributed by atoms with Crippen LogP contribution in [0.5, 0.6) is 0 Å². The molecule has 0 radical (unpaired) electrons. The van der Waals surface area contributed by atoms with E-state index in [0.29, 0.717) is 6.54 Å². The number of anilines is 1. The molecule has 3 N–H and O–H groups in total. The molecule has 0 fully saturated rings. The molecule has 0 spiro atoms. The van der Waals surface area contributed by atoms with Crippen LogP contribution in [-0.4, -0.2) is 6.54 Å². The van der Waals surface area contributed by atoms with E-state index in [-0.39, 0.29) is 6.04 Å². The van der Waals surface area contributed by atoms with Gasteiger partial charge in [0.1, 0.15) is 0 Å². The van der Waals surface area contributed by atoms with Crippen molar-refractivity contribution in [3.63, 3.8) is 0 Å². The molecule has 0 aliphatic carbocycles. The van der Waals surface area contributed by atoms with Gasteiger partial charge in [-0.05, 0) is 58.2 Å². The Kier molecular flexibility index (Phi) is 5.02. The highest BCUT2D eigenvalue weighted by molar-refractivity contribution is 9.10. The van der Waals surface area contributed by atoms with E-state index in [1.807, 2.05) is 18.2 Å². The topological polar surface area (TPSA) is 38.0 Å². The lowest BCUT2D eigenvalue weighted by Gasteiger charge is -2.20. The smallest absolute Gasteiger partial charge is 0.0636 e. The van der Waals surface area contributed by atoms with Gasteiger partial charge in [-0.25, -0.2) is 0 Å². The van der Waals surface area contributed by atoms with Gasteiger partial charge in [0, 0.05) is 21.2 Å². The molecular weight excluding hydrogens is 368 g/mol. The predicted molar refractivity (Wildman–Crippen MR) is 88.4 cm³/mol. The third kappa shape index (κ3) is 3.81. The maximum atomic E-state index is 5.89. The quantitative estimate of drug-likeness (QED) is 0.807. The number of hydrogen-bond acceptors (Lipinski definition) is 2. The summed E-state index contributed by atoms with van der Waals surface area (Å²) in [6, 6.07) is 14.6. The van der Waals surface area contributed by atoms with E-state index in [2.05, 4.69) is 68.4 Å². The van der Waals surface area contributed by atoms with Crippen LogP contribution in [-0.2, 0) is 0 Å². The normalized spacial score (nSPS) is 12.2. The molecule has 0 aromatic heterocycles. The summed E-state index contributed by atoms with van der Waals surface area (Å²) in [4.78, 5) is 0. The number of halogens is 2. The monoisotopic (exact) mass is 382 g/mol. The largest absolute Gasteiger partial charge is 0.376 e. The molecular formula is C15H16Br2N2. The standard InChI is InChI=1S/C15H16Br2N2/c1-10-2-7-13(17)14(8-10)19-15(9-18)11-3-5-12(16)6-4-11/h2-8,15,19H,9,18H2,1H3. The minimum absolute atomic E-state index is 0.103. The van der Waals surface area contributed by atoms with Crippen LogP contribution in [0.3, 0.4) is 0 Å². The lowest BCUT2D eigenvalue weighted by Crippen LogP contribution is -2.20. The van der Waals surface area contributed by atoms with E-state index in [1.54, 1.807) is 0 Å². The van der Waals surface area contributed by atoms with Gasteiger partial charge < -0.3 is 11.1 Å². The highest BCUT2D eigenvalue weighted by atomic mass is 79.9. The van der Waals surface area contributed by atoms with Crippen LogP contribution in [0.25, 0.3) is 0 Å². The molecule has 0 aliphatic rings.